The van der Waals surface area contributed by atoms with Gasteiger partial charge in [0.25, 0.3) is 0 Å². The van der Waals surface area contributed by atoms with E-state index in [0.717, 1.165) is 0 Å². The number of ketones is 2. The molecule has 5 nitrogen and oxygen atoms in total. The van der Waals surface area contributed by atoms with E-state index in [4.69, 9.17) is 23.2 Å². The minimum absolute atomic E-state index is 0.127. The van der Waals surface area contributed by atoms with Gasteiger partial charge in [0.2, 0.25) is 0 Å². The number of fused-ring (bicyclic) bond motifs is 5. The third-order valence-electron chi connectivity index (χ3n) is 8.78. The van der Waals surface area contributed by atoms with E-state index in [9.17, 15) is 24.9 Å². The summed E-state index contributed by atoms with van der Waals surface area (Å²) in [6.45, 7) is 4.80. The molecule has 0 aromatic heterocycles. The van der Waals surface area contributed by atoms with Crippen LogP contribution < -0.4 is 0 Å². The first kappa shape index (κ1) is 21.5. The van der Waals surface area contributed by atoms with E-state index in [-0.39, 0.29) is 30.0 Å². The topological polar surface area (TPSA) is 94.8 Å². The quantitative estimate of drug-likeness (QED) is 0.570. The van der Waals surface area contributed by atoms with Gasteiger partial charge in [0, 0.05) is 10.8 Å². The van der Waals surface area contributed by atoms with Crippen molar-refractivity contribution in [3.05, 3.63) is 23.8 Å². The van der Waals surface area contributed by atoms with Gasteiger partial charge in [-0.1, -0.05) is 26.8 Å². The summed E-state index contributed by atoms with van der Waals surface area (Å²) in [5.74, 6) is -1.58. The minimum atomic E-state index is -1.73. The fourth-order valence-electron chi connectivity index (χ4n) is 7.25. The van der Waals surface area contributed by atoms with Crippen molar-refractivity contribution in [1.82, 2.24) is 0 Å². The summed E-state index contributed by atoms with van der Waals surface area (Å²) in [6, 6.07) is 0. The van der Waals surface area contributed by atoms with Crippen molar-refractivity contribution in [1.29, 1.82) is 0 Å². The average Bonchev–Trinajstić information content (AvgIpc) is 2.86. The van der Waals surface area contributed by atoms with Crippen molar-refractivity contribution >= 4 is 34.8 Å². The predicted molar refractivity (Wildman–Crippen MR) is 110 cm³/mol. The SMILES string of the molecule is CC1CC2C3CC(Cl)C4=CC(=O)C=CC4(C)C3(Cl)C(O)CC2(C)C1(O)C(=O)CO. The van der Waals surface area contributed by atoms with Crippen molar-refractivity contribution in [3.8, 4) is 0 Å². The third kappa shape index (κ3) is 2.34. The van der Waals surface area contributed by atoms with Gasteiger partial charge < -0.3 is 15.3 Å². The van der Waals surface area contributed by atoms with Crippen molar-refractivity contribution in [2.75, 3.05) is 6.61 Å². The summed E-state index contributed by atoms with van der Waals surface area (Å²) in [5, 5.41) is 32.0. The highest BCUT2D eigenvalue weighted by Crippen LogP contribution is 2.71. The molecular weight excluding hydrogens is 415 g/mol. The number of hydrogen-bond donors (Lipinski definition) is 3. The molecule has 3 N–H and O–H groups in total. The van der Waals surface area contributed by atoms with Crippen molar-refractivity contribution in [2.24, 2.45) is 28.6 Å². The minimum Gasteiger partial charge on any atom is -0.391 e. The number of hydrogen-bond acceptors (Lipinski definition) is 5. The fraction of sp³-hybridized carbons (Fsp3) is 0.727. The highest BCUT2D eigenvalue weighted by atomic mass is 35.5. The Morgan fingerprint density at radius 1 is 1.28 bits per heavy atom. The molecule has 7 heteroatoms. The first-order valence-corrected chi connectivity index (χ1v) is 11.0. The molecule has 0 bridgehead atoms. The molecule has 0 aromatic carbocycles. The van der Waals surface area contributed by atoms with Gasteiger partial charge in [-0.3, -0.25) is 9.59 Å². The molecule has 4 rings (SSSR count). The maximum absolute atomic E-state index is 12.6. The second-order valence-electron chi connectivity index (χ2n) is 9.84. The van der Waals surface area contributed by atoms with Gasteiger partial charge >= 0.3 is 0 Å². The van der Waals surface area contributed by atoms with Crippen LogP contribution in [-0.2, 0) is 9.59 Å². The Hall–Kier alpha value is -0.720. The molecule has 0 amide bonds. The van der Waals surface area contributed by atoms with Crippen LogP contribution in [0.3, 0.4) is 0 Å². The number of aliphatic hydroxyl groups excluding tert-OH is 2. The van der Waals surface area contributed by atoms with Crippen LogP contribution in [0.1, 0.15) is 40.0 Å². The summed E-state index contributed by atoms with van der Waals surface area (Å²) in [7, 11) is 0. The standard InChI is InChI=1S/C22H28Cl2O5/c1-11-6-13-14-8-16(23)15-7-12(26)4-5-19(15,2)21(14,24)17(27)9-20(13,3)22(11,29)18(28)10-25/h4-5,7,11,13-14,16-17,25,27,29H,6,8-10H2,1-3H3. The largest absolute Gasteiger partial charge is 0.391 e. The van der Waals surface area contributed by atoms with Crippen LogP contribution in [0.25, 0.3) is 0 Å². The highest BCUT2D eigenvalue weighted by molar-refractivity contribution is 6.28. The second-order valence-corrected chi connectivity index (χ2v) is 11.0. The Bertz CT molecular complexity index is 839. The Kier molecular flexibility index (Phi) is 4.74. The van der Waals surface area contributed by atoms with Crippen LogP contribution >= 0.6 is 23.2 Å². The van der Waals surface area contributed by atoms with E-state index in [0.29, 0.717) is 18.4 Å². The van der Waals surface area contributed by atoms with Crippen LogP contribution in [0.2, 0.25) is 0 Å². The lowest BCUT2D eigenvalue weighted by molar-refractivity contribution is -0.179. The molecule has 3 saturated carbocycles. The molecule has 0 aliphatic heterocycles. The van der Waals surface area contributed by atoms with Gasteiger partial charge in [0.05, 0.1) is 16.4 Å². The molecule has 29 heavy (non-hydrogen) atoms. The smallest absolute Gasteiger partial charge is 0.190 e. The van der Waals surface area contributed by atoms with E-state index in [1.54, 1.807) is 6.08 Å². The predicted octanol–water partition coefficient (Wildman–Crippen LogP) is 2.38. The molecule has 3 fully saturated rings. The van der Waals surface area contributed by atoms with Gasteiger partial charge in [0.1, 0.15) is 12.2 Å². The average molecular weight is 443 g/mol. The first-order valence-electron chi connectivity index (χ1n) is 10.2. The summed E-state index contributed by atoms with van der Waals surface area (Å²) in [4.78, 5) is 23.5. The number of carbonyl (C=O) groups excluding carboxylic acids is 2. The molecule has 9 unspecified atom stereocenters. The molecule has 9 atom stereocenters. The zero-order valence-electron chi connectivity index (χ0n) is 16.9. The van der Waals surface area contributed by atoms with Crippen LogP contribution in [0, 0.1) is 28.6 Å². The molecule has 0 saturated heterocycles. The molecule has 4 aliphatic carbocycles. The summed E-state index contributed by atoms with van der Waals surface area (Å²) < 4.78 is 0. The third-order valence-corrected chi connectivity index (χ3v) is 10.1. The van der Waals surface area contributed by atoms with Gasteiger partial charge in [-0.15, -0.1) is 23.2 Å². The summed E-state index contributed by atoms with van der Waals surface area (Å²) in [5.41, 5.74) is -2.77. The number of alkyl halides is 2. The number of rotatable bonds is 2. The molecule has 0 radical (unpaired) electrons. The van der Waals surface area contributed by atoms with Gasteiger partial charge in [-0.25, -0.2) is 0 Å². The molecule has 0 aromatic rings. The number of halogens is 2. The van der Waals surface area contributed by atoms with Crippen LogP contribution in [0.5, 0.6) is 0 Å². The molecule has 4 aliphatic rings. The van der Waals surface area contributed by atoms with Crippen molar-refractivity contribution < 1.29 is 24.9 Å². The van der Waals surface area contributed by atoms with Crippen molar-refractivity contribution in [2.45, 2.75) is 62.0 Å². The number of Topliss-reactive ketones (excluding diaryl/α,β-unsaturated/α-hetero) is 1. The fourth-order valence-corrected chi connectivity index (χ4v) is 8.23. The Balaban J connectivity index is 1.87. The Morgan fingerprint density at radius 2 is 1.93 bits per heavy atom. The van der Waals surface area contributed by atoms with Crippen molar-refractivity contribution in [3.63, 3.8) is 0 Å². The van der Waals surface area contributed by atoms with Gasteiger partial charge in [0.15, 0.2) is 11.6 Å². The summed E-state index contributed by atoms with van der Waals surface area (Å²) >= 11 is 14.1. The number of aliphatic hydroxyl groups is 3. The Labute approximate surface area is 180 Å². The van der Waals surface area contributed by atoms with Gasteiger partial charge in [-0.2, -0.15) is 0 Å². The van der Waals surface area contributed by atoms with Gasteiger partial charge in [-0.05, 0) is 54.7 Å². The molecular formula is C22H28Cl2O5. The Morgan fingerprint density at radius 3 is 2.55 bits per heavy atom. The lowest BCUT2D eigenvalue weighted by atomic mass is 9.45. The first-order chi connectivity index (χ1) is 13.4. The van der Waals surface area contributed by atoms with Crippen LogP contribution in [0.4, 0.5) is 0 Å². The zero-order valence-corrected chi connectivity index (χ0v) is 18.4. The monoisotopic (exact) mass is 442 g/mol. The van der Waals surface area contributed by atoms with Crippen LogP contribution in [-0.4, -0.2) is 55.4 Å². The highest BCUT2D eigenvalue weighted by Gasteiger charge is 2.75. The van der Waals surface area contributed by atoms with Crippen LogP contribution in [0.15, 0.2) is 23.8 Å². The van der Waals surface area contributed by atoms with E-state index in [1.807, 2.05) is 20.8 Å². The maximum atomic E-state index is 12.6. The van der Waals surface area contributed by atoms with E-state index in [2.05, 4.69) is 0 Å². The number of allylic oxidation sites excluding steroid dienone is 4. The van der Waals surface area contributed by atoms with E-state index in [1.165, 1.54) is 12.2 Å². The zero-order chi connectivity index (χ0) is 21.6. The lowest BCUT2D eigenvalue weighted by Crippen LogP contribution is -2.70. The normalized spacial score (nSPS) is 53.7. The maximum Gasteiger partial charge on any atom is 0.190 e. The second kappa shape index (κ2) is 6.39. The molecule has 160 valence electrons. The number of carbonyl (C=O) groups is 2. The lowest BCUT2D eigenvalue weighted by Gasteiger charge is -2.64. The summed E-state index contributed by atoms with van der Waals surface area (Å²) in [6.07, 6.45) is 4.85. The molecule has 0 spiro atoms. The molecule has 0 heterocycles. The van der Waals surface area contributed by atoms with E-state index < -0.39 is 45.2 Å². The van der Waals surface area contributed by atoms with E-state index >= 15 is 0 Å².